The average molecular weight is 344 g/mol. The second-order valence-corrected chi connectivity index (χ2v) is 5.98. The van der Waals surface area contributed by atoms with Gasteiger partial charge in [0, 0.05) is 31.0 Å². The van der Waals surface area contributed by atoms with Crippen LogP contribution in [0.1, 0.15) is 10.4 Å². The maximum absolute atomic E-state index is 12.3. The van der Waals surface area contributed by atoms with Crippen LogP contribution >= 0.6 is 0 Å². The van der Waals surface area contributed by atoms with Gasteiger partial charge in [0.15, 0.2) is 0 Å². The van der Waals surface area contributed by atoms with Crippen molar-refractivity contribution in [3.05, 3.63) is 84.4 Å². The molecule has 0 atom stereocenters. The lowest BCUT2D eigenvalue weighted by Crippen LogP contribution is -2.13. The minimum absolute atomic E-state index is 0.144. The minimum atomic E-state index is -0.144. The smallest absolute Gasteiger partial charge is 0.255 e. The summed E-state index contributed by atoms with van der Waals surface area (Å²) in [5.41, 5.74) is 3.90. The molecule has 0 saturated heterocycles. The van der Waals surface area contributed by atoms with Crippen molar-refractivity contribution in [3.8, 4) is 0 Å². The zero-order valence-corrected chi connectivity index (χ0v) is 14.8. The van der Waals surface area contributed by atoms with E-state index in [4.69, 9.17) is 0 Å². The van der Waals surface area contributed by atoms with E-state index >= 15 is 0 Å². The van der Waals surface area contributed by atoms with Crippen LogP contribution in [0.15, 0.2) is 89.1 Å². The van der Waals surface area contributed by atoms with Crippen LogP contribution in [-0.4, -0.2) is 20.0 Å². The predicted octanol–water partition coefficient (Wildman–Crippen LogP) is 5.42. The van der Waals surface area contributed by atoms with Crippen LogP contribution in [0.5, 0.6) is 0 Å². The molecule has 26 heavy (non-hydrogen) atoms. The Hall–Kier alpha value is -3.47. The zero-order valence-electron chi connectivity index (χ0n) is 14.8. The Bertz CT molecular complexity index is 886. The first kappa shape index (κ1) is 17.4. The molecule has 0 aliphatic heterocycles. The van der Waals surface area contributed by atoms with Gasteiger partial charge in [-0.05, 0) is 60.7 Å². The van der Waals surface area contributed by atoms with Crippen molar-refractivity contribution in [1.29, 1.82) is 0 Å². The Balaban J connectivity index is 1.63. The average Bonchev–Trinajstić information content (AvgIpc) is 2.68. The third-order valence-corrected chi connectivity index (χ3v) is 3.81. The van der Waals surface area contributed by atoms with Gasteiger partial charge in [0.25, 0.3) is 5.91 Å². The highest BCUT2D eigenvalue weighted by Gasteiger charge is 2.06. The lowest BCUT2D eigenvalue weighted by molar-refractivity contribution is 0.102. The molecule has 3 rings (SSSR count). The molecule has 5 heteroatoms. The second kappa shape index (κ2) is 8.07. The van der Waals surface area contributed by atoms with E-state index in [1.807, 2.05) is 97.9 Å². The van der Waals surface area contributed by atoms with Crippen LogP contribution in [-0.2, 0) is 0 Å². The monoisotopic (exact) mass is 344 g/mol. The first-order valence-electron chi connectivity index (χ1n) is 8.27. The summed E-state index contributed by atoms with van der Waals surface area (Å²) in [7, 11) is 3.93. The van der Waals surface area contributed by atoms with Gasteiger partial charge in [0.1, 0.15) is 0 Å². The fourth-order valence-electron chi connectivity index (χ4n) is 2.34. The molecule has 0 bridgehead atoms. The molecule has 0 radical (unpaired) electrons. The highest BCUT2D eigenvalue weighted by atomic mass is 16.1. The molecular weight excluding hydrogens is 324 g/mol. The van der Waals surface area contributed by atoms with Crippen LogP contribution in [0.25, 0.3) is 0 Å². The number of anilines is 2. The summed E-state index contributed by atoms with van der Waals surface area (Å²) in [4.78, 5) is 14.3. The number of hydrogen-bond acceptors (Lipinski definition) is 4. The van der Waals surface area contributed by atoms with Crippen molar-refractivity contribution in [1.82, 2.24) is 0 Å². The lowest BCUT2D eigenvalue weighted by Gasteiger charge is -2.12. The summed E-state index contributed by atoms with van der Waals surface area (Å²) < 4.78 is 0. The van der Waals surface area contributed by atoms with E-state index < -0.39 is 0 Å². The Morgan fingerprint density at radius 3 is 1.92 bits per heavy atom. The van der Waals surface area contributed by atoms with Gasteiger partial charge in [-0.2, -0.15) is 10.2 Å². The molecule has 3 aromatic carbocycles. The van der Waals surface area contributed by atoms with Crippen LogP contribution in [0.2, 0.25) is 0 Å². The van der Waals surface area contributed by atoms with E-state index in [0.29, 0.717) is 11.3 Å². The van der Waals surface area contributed by atoms with E-state index in [-0.39, 0.29) is 5.91 Å². The Morgan fingerprint density at radius 1 is 0.769 bits per heavy atom. The molecule has 5 nitrogen and oxygen atoms in total. The maximum atomic E-state index is 12.3. The van der Waals surface area contributed by atoms with E-state index in [9.17, 15) is 4.79 Å². The molecule has 1 amide bonds. The van der Waals surface area contributed by atoms with Gasteiger partial charge < -0.3 is 10.2 Å². The van der Waals surface area contributed by atoms with Crippen molar-refractivity contribution in [2.24, 2.45) is 10.2 Å². The normalized spacial score (nSPS) is 10.7. The van der Waals surface area contributed by atoms with E-state index in [2.05, 4.69) is 15.5 Å². The number of carbonyl (C=O) groups excluding carboxylic acids is 1. The molecular formula is C21H20N4O. The van der Waals surface area contributed by atoms with Gasteiger partial charge in [-0.25, -0.2) is 0 Å². The number of nitrogens with one attached hydrogen (secondary N) is 1. The minimum Gasteiger partial charge on any atom is -0.378 e. The molecule has 0 heterocycles. The third kappa shape index (κ3) is 4.54. The van der Waals surface area contributed by atoms with Crippen LogP contribution < -0.4 is 10.2 Å². The molecule has 0 spiro atoms. The molecule has 3 aromatic rings. The first-order valence-corrected chi connectivity index (χ1v) is 8.27. The van der Waals surface area contributed by atoms with E-state index in [1.54, 1.807) is 0 Å². The molecule has 0 aromatic heterocycles. The SMILES string of the molecule is CN(C)c1ccc(C(=O)Nc2ccc(N=Nc3ccccc3)cc2)cc1. The molecule has 0 saturated carbocycles. The zero-order chi connectivity index (χ0) is 18.4. The van der Waals surface area contributed by atoms with Crippen molar-refractivity contribution >= 4 is 28.7 Å². The fourth-order valence-corrected chi connectivity index (χ4v) is 2.34. The van der Waals surface area contributed by atoms with Gasteiger partial charge >= 0.3 is 0 Å². The predicted molar refractivity (Wildman–Crippen MR) is 106 cm³/mol. The molecule has 130 valence electrons. The number of rotatable bonds is 5. The largest absolute Gasteiger partial charge is 0.378 e. The van der Waals surface area contributed by atoms with Gasteiger partial charge in [0.05, 0.1) is 11.4 Å². The summed E-state index contributed by atoms with van der Waals surface area (Å²) in [5, 5.41) is 11.2. The number of carbonyl (C=O) groups is 1. The fraction of sp³-hybridized carbons (Fsp3) is 0.0952. The maximum Gasteiger partial charge on any atom is 0.255 e. The van der Waals surface area contributed by atoms with Crippen LogP contribution in [0, 0.1) is 0 Å². The van der Waals surface area contributed by atoms with Gasteiger partial charge in [-0.1, -0.05) is 18.2 Å². The molecule has 0 fully saturated rings. The summed E-state index contributed by atoms with van der Waals surface area (Å²) in [5.74, 6) is -0.144. The summed E-state index contributed by atoms with van der Waals surface area (Å²) >= 11 is 0. The second-order valence-electron chi connectivity index (χ2n) is 5.98. The van der Waals surface area contributed by atoms with Crippen LogP contribution in [0.4, 0.5) is 22.7 Å². The standard InChI is InChI=1S/C21H20N4O/c1-25(2)20-14-8-16(9-15-20)21(26)22-17-10-12-19(13-11-17)24-23-18-6-4-3-5-7-18/h3-15H,1-2H3,(H,22,26). The molecule has 1 N–H and O–H groups in total. The number of hydrogen-bond donors (Lipinski definition) is 1. The molecule has 0 aliphatic rings. The molecule has 0 unspecified atom stereocenters. The lowest BCUT2D eigenvalue weighted by atomic mass is 10.2. The van der Waals surface area contributed by atoms with E-state index in [0.717, 1.165) is 17.1 Å². The summed E-state index contributed by atoms with van der Waals surface area (Å²) in [6.45, 7) is 0. The number of azo groups is 1. The number of benzene rings is 3. The topological polar surface area (TPSA) is 57.1 Å². The molecule has 0 aliphatic carbocycles. The van der Waals surface area contributed by atoms with Gasteiger partial charge in [-0.3, -0.25) is 4.79 Å². The van der Waals surface area contributed by atoms with Crippen molar-refractivity contribution in [3.63, 3.8) is 0 Å². The van der Waals surface area contributed by atoms with Gasteiger partial charge in [0.2, 0.25) is 0 Å². The van der Waals surface area contributed by atoms with Crippen molar-refractivity contribution < 1.29 is 4.79 Å². The quantitative estimate of drug-likeness (QED) is 0.628. The van der Waals surface area contributed by atoms with E-state index in [1.165, 1.54) is 0 Å². The van der Waals surface area contributed by atoms with Crippen molar-refractivity contribution in [2.45, 2.75) is 0 Å². The third-order valence-electron chi connectivity index (χ3n) is 3.81. The number of nitrogens with zero attached hydrogens (tertiary/aromatic N) is 3. The summed E-state index contributed by atoms with van der Waals surface area (Å²) in [6, 6.07) is 24.3. The summed E-state index contributed by atoms with van der Waals surface area (Å²) in [6.07, 6.45) is 0. The van der Waals surface area contributed by atoms with Gasteiger partial charge in [-0.15, -0.1) is 0 Å². The highest BCUT2D eigenvalue weighted by molar-refractivity contribution is 6.04. The first-order chi connectivity index (χ1) is 12.6. The Kier molecular flexibility index (Phi) is 5.39. The van der Waals surface area contributed by atoms with Crippen LogP contribution in [0.3, 0.4) is 0 Å². The van der Waals surface area contributed by atoms with Crippen molar-refractivity contribution in [2.75, 3.05) is 24.3 Å². The highest BCUT2D eigenvalue weighted by Crippen LogP contribution is 2.20. The Morgan fingerprint density at radius 2 is 1.35 bits per heavy atom. The Labute approximate surface area is 153 Å². The number of amides is 1.